The number of hydrogen-bond acceptors (Lipinski definition) is 7. The Morgan fingerprint density at radius 2 is 2.10 bits per heavy atom. The van der Waals surface area contributed by atoms with E-state index in [-0.39, 0.29) is 11.0 Å². The number of carbonyl (C=O) groups is 1. The molecule has 2 heterocycles. The maximum atomic E-state index is 11.9. The first-order chi connectivity index (χ1) is 9.81. The summed E-state index contributed by atoms with van der Waals surface area (Å²) in [5, 5.41) is 6.35. The number of nitrogens with zero attached hydrogens (tertiary/aromatic N) is 3. The van der Waals surface area contributed by atoms with Gasteiger partial charge in [-0.25, -0.2) is 9.80 Å². The van der Waals surface area contributed by atoms with Gasteiger partial charge in [0, 0.05) is 10.4 Å². The number of methoxy groups -OCH3 is 2. The number of thioether (sulfide) groups is 1. The Bertz CT molecular complexity index is 534. The minimum atomic E-state index is -0.411. The van der Waals surface area contributed by atoms with Crippen LogP contribution < -0.4 is 0 Å². The zero-order valence-corrected chi connectivity index (χ0v) is 14.0. The highest BCUT2D eigenvalue weighted by Crippen LogP contribution is 2.46. The Morgan fingerprint density at radius 3 is 2.62 bits per heavy atom. The number of fused-ring (bicyclic) bond motifs is 1. The van der Waals surface area contributed by atoms with Gasteiger partial charge in [-0.2, -0.15) is 5.10 Å². The molecule has 1 unspecified atom stereocenters. The molecule has 0 amide bonds. The predicted molar refractivity (Wildman–Crippen MR) is 83.1 cm³/mol. The molecule has 0 saturated carbocycles. The summed E-state index contributed by atoms with van der Waals surface area (Å²) in [5.41, 5.74) is 1.30. The van der Waals surface area contributed by atoms with E-state index in [0.717, 1.165) is 10.6 Å². The van der Waals surface area contributed by atoms with Crippen molar-refractivity contribution < 1.29 is 14.3 Å². The molecule has 2 aliphatic rings. The van der Waals surface area contributed by atoms with E-state index in [2.05, 4.69) is 30.8 Å². The van der Waals surface area contributed by atoms with E-state index in [1.807, 2.05) is 18.3 Å². The summed E-state index contributed by atoms with van der Waals surface area (Å²) in [4.78, 5) is 14.9. The minimum absolute atomic E-state index is 0.0184. The number of ether oxygens (including phenoxy) is 2. The van der Waals surface area contributed by atoms with Crippen LogP contribution in [0.2, 0.25) is 0 Å². The first-order valence-electron chi connectivity index (χ1n) is 6.62. The van der Waals surface area contributed by atoms with Gasteiger partial charge in [0.05, 0.1) is 26.2 Å². The Hall–Kier alpha value is -1.63. The van der Waals surface area contributed by atoms with Gasteiger partial charge in [-0.3, -0.25) is 0 Å². The van der Waals surface area contributed by atoms with Crippen molar-refractivity contribution in [2.24, 2.45) is 5.10 Å². The lowest BCUT2D eigenvalue weighted by molar-refractivity contribution is -0.135. The van der Waals surface area contributed by atoms with Crippen LogP contribution in [0.1, 0.15) is 27.7 Å². The van der Waals surface area contributed by atoms with Gasteiger partial charge >= 0.3 is 5.97 Å². The van der Waals surface area contributed by atoms with E-state index < -0.39 is 5.97 Å². The van der Waals surface area contributed by atoms with Crippen molar-refractivity contribution in [2.75, 3.05) is 14.2 Å². The molecular weight excluding hydrogens is 290 g/mol. The lowest BCUT2D eigenvalue weighted by Crippen LogP contribution is -2.45. The highest BCUT2D eigenvalue weighted by molar-refractivity contribution is 8.04. The summed E-state index contributed by atoms with van der Waals surface area (Å²) in [5.74, 6) is -0.411. The topological polar surface area (TPSA) is 54.4 Å². The smallest absolute Gasteiger partial charge is 0.342 e. The zero-order chi connectivity index (χ0) is 15.8. The average molecular weight is 311 g/mol. The van der Waals surface area contributed by atoms with Crippen LogP contribution in [-0.2, 0) is 14.3 Å². The van der Waals surface area contributed by atoms with Crippen LogP contribution in [0.5, 0.6) is 0 Å². The number of hydrogen-bond donors (Lipinski definition) is 0. The second-order valence-electron chi connectivity index (χ2n) is 5.77. The number of rotatable bonds is 3. The van der Waals surface area contributed by atoms with Gasteiger partial charge in [0.2, 0.25) is 0 Å². The number of allylic oxidation sites excluding steroid dienone is 1. The molecule has 0 saturated heterocycles. The van der Waals surface area contributed by atoms with Crippen molar-refractivity contribution in [3.8, 4) is 0 Å². The van der Waals surface area contributed by atoms with Crippen molar-refractivity contribution in [2.45, 2.75) is 38.7 Å². The van der Waals surface area contributed by atoms with E-state index in [1.54, 1.807) is 11.8 Å². The van der Waals surface area contributed by atoms with Crippen molar-refractivity contribution in [3.63, 3.8) is 0 Å². The Balaban J connectivity index is 2.32. The van der Waals surface area contributed by atoms with Crippen molar-refractivity contribution in [1.29, 1.82) is 0 Å². The van der Waals surface area contributed by atoms with E-state index in [1.165, 1.54) is 20.5 Å². The van der Waals surface area contributed by atoms with Gasteiger partial charge in [-0.15, -0.1) is 0 Å². The number of carbonyl (C=O) groups excluding carboxylic acids is 1. The molecule has 6 nitrogen and oxygen atoms in total. The Morgan fingerprint density at radius 1 is 1.43 bits per heavy atom. The molecule has 1 atom stereocenters. The molecule has 7 heteroatoms. The summed E-state index contributed by atoms with van der Waals surface area (Å²) in [6, 6.07) is 0. The predicted octanol–water partition coefficient (Wildman–Crippen LogP) is 2.31. The van der Waals surface area contributed by atoms with Crippen LogP contribution >= 0.6 is 11.8 Å². The van der Waals surface area contributed by atoms with Gasteiger partial charge in [0.1, 0.15) is 11.9 Å². The van der Waals surface area contributed by atoms with Crippen LogP contribution in [0.3, 0.4) is 0 Å². The molecule has 2 aliphatic heterocycles. The molecule has 0 fully saturated rings. The lowest BCUT2D eigenvalue weighted by atomic mass is 10.1. The molecule has 0 N–H and O–H groups in total. The fourth-order valence-electron chi connectivity index (χ4n) is 2.18. The zero-order valence-electron chi connectivity index (χ0n) is 13.2. The SMILES string of the molecule is CO/C=C(/C(=O)OC)C1=C(C)N2N=CN(C(C)(C)C)C2S1. The molecule has 0 aromatic carbocycles. The first-order valence-corrected chi connectivity index (χ1v) is 7.50. The van der Waals surface area contributed by atoms with Gasteiger partial charge in [0.25, 0.3) is 0 Å². The van der Waals surface area contributed by atoms with Crippen molar-refractivity contribution in [1.82, 2.24) is 9.91 Å². The quantitative estimate of drug-likeness (QED) is 0.453. The van der Waals surface area contributed by atoms with E-state index in [0.29, 0.717) is 5.57 Å². The molecule has 2 rings (SSSR count). The molecule has 0 aliphatic carbocycles. The summed E-state index contributed by atoms with van der Waals surface area (Å²) in [6.07, 6.45) is 3.26. The minimum Gasteiger partial charge on any atom is -0.503 e. The highest BCUT2D eigenvalue weighted by Gasteiger charge is 2.43. The Kier molecular flexibility index (Phi) is 4.22. The lowest BCUT2D eigenvalue weighted by Gasteiger charge is -2.35. The van der Waals surface area contributed by atoms with Gasteiger partial charge in [-0.05, 0) is 27.7 Å². The third-order valence-corrected chi connectivity index (χ3v) is 4.69. The van der Waals surface area contributed by atoms with Crippen molar-refractivity contribution >= 4 is 24.1 Å². The molecule has 0 radical (unpaired) electrons. The summed E-state index contributed by atoms with van der Waals surface area (Å²) < 4.78 is 9.86. The molecule has 0 spiro atoms. The third-order valence-electron chi connectivity index (χ3n) is 3.30. The third kappa shape index (κ3) is 2.74. The average Bonchev–Trinajstić information content (AvgIpc) is 2.95. The maximum absolute atomic E-state index is 11.9. The van der Waals surface area contributed by atoms with Crippen LogP contribution in [0.25, 0.3) is 0 Å². The summed E-state index contributed by atoms with van der Waals surface area (Å²) >= 11 is 1.57. The molecule has 0 aromatic heterocycles. The van der Waals surface area contributed by atoms with E-state index in [4.69, 9.17) is 9.47 Å². The molecule has 0 aromatic rings. The highest BCUT2D eigenvalue weighted by atomic mass is 32.2. The Labute approximate surface area is 129 Å². The fraction of sp³-hybridized carbons (Fsp3) is 0.571. The van der Waals surface area contributed by atoms with Gasteiger partial charge < -0.3 is 14.4 Å². The van der Waals surface area contributed by atoms with Gasteiger partial charge in [0.15, 0.2) is 5.50 Å². The molecule has 21 heavy (non-hydrogen) atoms. The normalized spacial score (nSPS) is 22.0. The van der Waals surface area contributed by atoms with E-state index >= 15 is 0 Å². The fourth-order valence-corrected chi connectivity index (χ4v) is 3.71. The van der Waals surface area contributed by atoms with Gasteiger partial charge in [-0.1, -0.05) is 11.8 Å². The van der Waals surface area contributed by atoms with Crippen LogP contribution in [0, 0.1) is 0 Å². The number of hydrazone groups is 1. The summed E-state index contributed by atoms with van der Waals surface area (Å²) in [6.45, 7) is 8.33. The van der Waals surface area contributed by atoms with Crippen LogP contribution in [0.4, 0.5) is 0 Å². The standard InChI is InChI=1S/C14H21N3O3S/c1-9-11(10(7-19-5)12(18)20-6)21-13-16(14(2,3)4)8-15-17(9)13/h7-8,13H,1-6H3/b10-7+. The second kappa shape index (κ2) is 5.63. The second-order valence-corrected chi connectivity index (χ2v) is 6.84. The first kappa shape index (κ1) is 15.8. The monoisotopic (exact) mass is 311 g/mol. The number of esters is 1. The molecule has 116 valence electrons. The van der Waals surface area contributed by atoms with E-state index in [9.17, 15) is 4.79 Å². The molecule has 0 bridgehead atoms. The van der Waals surface area contributed by atoms with Crippen LogP contribution in [0.15, 0.2) is 27.5 Å². The van der Waals surface area contributed by atoms with Crippen molar-refractivity contribution in [3.05, 3.63) is 22.4 Å². The maximum Gasteiger partial charge on any atom is 0.342 e. The van der Waals surface area contributed by atoms with Crippen LogP contribution in [-0.4, -0.2) is 47.5 Å². The molecular formula is C14H21N3O3S. The summed E-state index contributed by atoms with van der Waals surface area (Å²) in [7, 11) is 2.88. The largest absolute Gasteiger partial charge is 0.503 e.